The molecule has 0 unspecified atom stereocenters. The Hall–Kier alpha value is -3.21. The highest BCUT2D eigenvalue weighted by atomic mass is 16.2. The van der Waals surface area contributed by atoms with Crippen molar-refractivity contribution in [3.63, 3.8) is 0 Å². The number of nitrogens with zero attached hydrogens (tertiary/aromatic N) is 3. The first-order chi connectivity index (χ1) is 13.1. The van der Waals surface area contributed by atoms with Crippen molar-refractivity contribution in [1.29, 1.82) is 0 Å². The minimum absolute atomic E-state index is 0.105. The van der Waals surface area contributed by atoms with Crippen LogP contribution in [0.1, 0.15) is 34.1 Å². The molecule has 0 aliphatic heterocycles. The van der Waals surface area contributed by atoms with Crippen LogP contribution in [0, 0.1) is 13.8 Å². The number of aromatic nitrogens is 2. The van der Waals surface area contributed by atoms with Crippen LogP contribution in [0.25, 0.3) is 0 Å². The van der Waals surface area contributed by atoms with Gasteiger partial charge in [-0.2, -0.15) is 0 Å². The van der Waals surface area contributed by atoms with E-state index >= 15 is 0 Å². The molecule has 0 saturated heterocycles. The molecule has 1 heterocycles. The van der Waals surface area contributed by atoms with Crippen molar-refractivity contribution in [2.24, 2.45) is 0 Å². The highest BCUT2D eigenvalue weighted by Crippen LogP contribution is 2.19. The molecule has 0 saturated carbocycles. The Bertz CT molecular complexity index is 925. The molecule has 0 fully saturated rings. The molecular weight excluding hydrogens is 336 g/mol. The largest absolute Gasteiger partial charge is 0.340 e. The van der Waals surface area contributed by atoms with E-state index < -0.39 is 0 Å². The Morgan fingerprint density at radius 2 is 1.78 bits per heavy atom. The third-order valence-electron chi connectivity index (χ3n) is 4.55. The third-order valence-corrected chi connectivity index (χ3v) is 4.55. The molecule has 0 spiro atoms. The number of nitrogens with one attached hydrogen (secondary N) is 1. The van der Waals surface area contributed by atoms with E-state index in [2.05, 4.69) is 41.3 Å². The first-order valence-corrected chi connectivity index (χ1v) is 9.06. The topological polar surface area (TPSA) is 58.1 Å². The lowest BCUT2D eigenvalue weighted by molar-refractivity contribution is 0.0746. The van der Waals surface area contributed by atoms with Gasteiger partial charge in [-0.15, -0.1) is 0 Å². The second kappa shape index (κ2) is 8.45. The number of aryl methyl sites for hydroxylation is 2. The second-order valence-corrected chi connectivity index (χ2v) is 6.52. The smallest absolute Gasteiger partial charge is 0.272 e. The van der Waals surface area contributed by atoms with Crippen LogP contribution in [0.4, 0.5) is 11.5 Å². The summed E-state index contributed by atoms with van der Waals surface area (Å²) in [7, 11) is 0. The summed E-state index contributed by atoms with van der Waals surface area (Å²) in [5.74, 6) is 0.499. The Balaban J connectivity index is 1.76. The highest BCUT2D eigenvalue weighted by molar-refractivity contribution is 5.93. The van der Waals surface area contributed by atoms with E-state index in [1.165, 1.54) is 17.5 Å². The molecule has 1 amide bonds. The maximum atomic E-state index is 12.9. The molecule has 0 aliphatic rings. The second-order valence-electron chi connectivity index (χ2n) is 6.52. The van der Waals surface area contributed by atoms with Gasteiger partial charge in [-0.05, 0) is 49.6 Å². The van der Waals surface area contributed by atoms with Crippen LogP contribution < -0.4 is 5.32 Å². The predicted molar refractivity (Wildman–Crippen MR) is 108 cm³/mol. The summed E-state index contributed by atoms with van der Waals surface area (Å²) in [4.78, 5) is 23.1. The zero-order valence-corrected chi connectivity index (χ0v) is 15.9. The molecule has 1 aromatic heterocycles. The van der Waals surface area contributed by atoms with Crippen LogP contribution in [-0.2, 0) is 6.54 Å². The maximum absolute atomic E-state index is 12.9. The van der Waals surface area contributed by atoms with Crippen LogP contribution in [-0.4, -0.2) is 27.3 Å². The molecule has 3 rings (SSSR count). The van der Waals surface area contributed by atoms with Gasteiger partial charge >= 0.3 is 0 Å². The Kier molecular flexibility index (Phi) is 5.81. The van der Waals surface area contributed by atoms with Crippen LogP contribution >= 0.6 is 0 Å². The van der Waals surface area contributed by atoms with Gasteiger partial charge < -0.3 is 10.2 Å². The van der Waals surface area contributed by atoms with E-state index in [0.29, 0.717) is 24.6 Å². The molecule has 5 nitrogen and oxygen atoms in total. The molecule has 2 aromatic carbocycles. The van der Waals surface area contributed by atoms with Crippen molar-refractivity contribution < 1.29 is 4.79 Å². The van der Waals surface area contributed by atoms with Gasteiger partial charge in [0.15, 0.2) is 0 Å². The quantitative estimate of drug-likeness (QED) is 0.703. The summed E-state index contributed by atoms with van der Waals surface area (Å²) in [6.45, 7) is 7.28. The summed E-state index contributed by atoms with van der Waals surface area (Å²) in [6, 6.07) is 17.8. The van der Waals surface area contributed by atoms with Crippen LogP contribution in [0.2, 0.25) is 0 Å². The molecule has 0 bridgehead atoms. The number of anilines is 2. The fourth-order valence-electron chi connectivity index (χ4n) is 2.80. The average Bonchev–Trinajstić information content (AvgIpc) is 2.69. The van der Waals surface area contributed by atoms with Crippen LogP contribution in [0.15, 0.2) is 60.9 Å². The predicted octanol–water partition coefficient (Wildman–Crippen LogP) is 4.50. The monoisotopic (exact) mass is 360 g/mol. The van der Waals surface area contributed by atoms with Crippen molar-refractivity contribution in [2.45, 2.75) is 27.3 Å². The molecular formula is C22H24N4O. The normalized spacial score (nSPS) is 10.5. The van der Waals surface area contributed by atoms with Gasteiger partial charge in [0.1, 0.15) is 17.8 Å². The molecule has 138 valence electrons. The van der Waals surface area contributed by atoms with Crippen molar-refractivity contribution >= 4 is 17.4 Å². The zero-order chi connectivity index (χ0) is 19.2. The van der Waals surface area contributed by atoms with E-state index in [4.69, 9.17) is 0 Å². The van der Waals surface area contributed by atoms with Gasteiger partial charge in [-0.1, -0.05) is 36.4 Å². The number of rotatable bonds is 6. The van der Waals surface area contributed by atoms with Crippen molar-refractivity contribution in [2.75, 3.05) is 11.9 Å². The van der Waals surface area contributed by atoms with Gasteiger partial charge in [0.05, 0.1) is 0 Å². The molecule has 0 aliphatic carbocycles. The zero-order valence-electron chi connectivity index (χ0n) is 15.9. The van der Waals surface area contributed by atoms with E-state index in [-0.39, 0.29) is 5.91 Å². The first-order valence-electron chi connectivity index (χ1n) is 9.06. The number of benzene rings is 2. The molecule has 3 aromatic rings. The minimum Gasteiger partial charge on any atom is -0.340 e. The number of carbonyl (C=O) groups excluding carboxylic acids is 1. The fraction of sp³-hybridized carbons (Fsp3) is 0.227. The fourth-order valence-corrected chi connectivity index (χ4v) is 2.80. The maximum Gasteiger partial charge on any atom is 0.272 e. The van der Waals surface area contributed by atoms with Crippen molar-refractivity contribution in [3.05, 3.63) is 83.3 Å². The third kappa shape index (κ3) is 4.70. The Morgan fingerprint density at radius 1 is 1.00 bits per heavy atom. The number of hydrogen-bond acceptors (Lipinski definition) is 4. The molecule has 5 heteroatoms. The highest BCUT2D eigenvalue weighted by Gasteiger charge is 2.16. The van der Waals surface area contributed by atoms with E-state index in [1.807, 2.05) is 43.3 Å². The van der Waals surface area contributed by atoms with Gasteiger partial charge in [0.25, 0.3) is 5.91 Å². The van der Waals surface area contributed by atoms with E-state index in [9.17, 15) is 4.79 Å². The van der Waals surface area contributed by atoms with Gasteiger partial charge in [0, 0.05) is 24.8 Å². The first kappa shape index (κ1) is 18.6. The van der Waals surface area contributed by atoms with Crippen LogP contribution in [0.5, 0.6) is 0 Å². The summed E-state index contributed by atoms with van der Waals surface area (Å²) in [5.41, 5.74) is 4.85. The molecule has 0 atom stereocenters. The summed E-state index contributed by atoms with van der Waals surface area (Å²) in [5, 5.41) is 3.25. The number of amides is 1. The molecule has 1 N–H and O–H groups in total. The van der Waals surface area contributed by atoms with Gasteiger partial charge in [-0.25, -0.2) is 9.97 Å². The lowest BCUT2D eigenvalue weighted by Crippen LogP contribution is -2.31. The summed E-state index contributed by atoms with van der Waals surface area (Å²) in [6.07, 6.45) is 1.42. The number of carbonyl (C=O) groups is 1. The van der Waals surface area contributed by atoms with E-state index in [1.54, 1.807) is 11.0 Å². The van der Waals surface area contributed by atoms with Crippen molar-refractivity contribution in [3.8, 4) is 0 Å². The van der Waals surface area contributed by atoms with Crippen molar-refractivity contribution in [1.82, 2.24) is 14.9 Å². The summed E-state index contributed by atoms with van der Waals surface area (Å²) < 4.78 is 0. The number of hydrogen-bond donors (Lipinski definition) is 1. The van der Waals surface area contributed by atoms with Gasteiger partial charge in [0.2, 0.25) is 0 Å². The Labute approximate surface area is 160 Å². The lowest BCUT2D eigenvalue weighted by Gasteiger charge is -2.20. The van der Waals surface area contributed by atoms with Gasteiger partial charge in [-0.3, -0.25) is 4.79 Å². The average molecular weight is 360 g/mol. The standard InChI is InChI=1S/C22H24N4O/c1-4-26(14-18-8-6-5-7-9-18)22(27)20-13-21(24-15-23-20)25-19-11-10-16(2)17(3)12-19/h5-13,15H,4,14H2,1-3H3,(H,23,24,25). The lowest BCUT2D eigenvalue weighted by atomic mass is 10.1. The minimum atomic E-state index is -0.105. The van der Waals surface area contributed by atoms with E-state index in [0.717, 1.165) is 11.3 Å². The van der Waals surface area contributed by atoms with Crippen LogP contribution in [0.3, 0.4) is 0 Å². The Morgan fingerprint density at radius 3 is 2.48 bits per heavy atom. The summed E-state index contributed by atoms with van der Waals surface area (Å²) >= 11 is 0. The molecule has 0 radical (unpaired) electrons. The SMILES string of the molecule is CCN(Cc1ccccc1)C(=O)c1cc(Nc2ccc(C)c(C)c2)ncn1. The molecule has 27 heavy (non-hydrogen) atoms.